The van der Waals surface area contributed by atoms with Crippen molar-refractivity contribution in [3.05, 3.63) is 35.4 Å². The van der Waals surface area contributed by atoms with Crippen molar-refractivity contribution < 1.29 is 9.80 Å². The molecular formula is C19H32N2+2. The van der Waals surface area contributed by atoms with Crippen molar-refractivity contribution in [2.75, 3.05) is 26.2 Å². The van der Waals surface area contributed by atoms with Gasteiger partial charge in [0, 0.05) is 12.0 Å². The maximum absolute atomic E-state index is 2.45. The molecule has 2 nitrogen and oxygen atoms in total. The summed E-state index contributed by atoms with van der Waals surface area (Å²) in [5, 5.41) is 0. The van der Waals surface area contributed by atoms with Gasteiger partial charge >= 0.3 is 0 Å². The second-order valence-electron chi connectivity index (χ2n) is 7.48. The molecule has 0 unspecified atom stereocenters. The normalized spacial score (nSPS) is 33.8. The van der Waals surface area contributed by atoms with Crippen LogP contribution in [0.5, 0.6) is 0 Å². The third kappa shape index (κ3) is 3.87. The fraction of sp³-hybridized carbons (Fsp3) is 0.684. The molecule has 0 radical (unpaired) electrons. The number of hydrogen-bond acceptors (Lipinski definition) is 0. The second-order valence-corrected chi connectivity index (χ2v) is 7.48. The predicted octanol–water partition coefficient (Wildman–Crippen LogP) is 0.857. The number of nitrogens with one attached hydrogen (secondary N) is 2. The van der Waals surface area contributed by atoms with Crippen LogP contribution >= 0.6 is 0 Å². The number of benzene rings is 1. The maximum Gasteiger partial charge on any atom is 0.127 e. The molecule has 21 heavy (non-hydrogen) atoms. The van der Waals surface area contributed by atoms with E-state index in [4.69, 9.17) is 0 Å². The lowest BCUT2D eigenvalue weighted by Gasteiger charge is -2.37. The highest BCUT2D eigenvalue weighted by molar-refractivity contribution is 5.24. The molecule has 0 bridgehead atoms. The Morgan fingerprint density at radius 1 is 1.05 bits per heavy atom. The van der Waals surface area contributed by atoms with Crippen LogP contribution in [0.15, 0.2) is 24.3 Å². The van der Waals surface area contributed by atoms with E-state index in [9.17, 15) is 0 Å². The van der Waals surface area contributed by atoms with Gasteiger partial charge < -0.3 is 9.80 Å². The summed E-state index contributed by atoms with van der Waals surface area (Å²) in [6.07, 6.45) is 5.89. The maximum atomic E-state index is 2.45. The molecule has 1 saturated carbocycles. The third-order valence-electron chi connectivity index (χ3n) is 5.81. The first-order valence-corrected chi connectivity index (χ1v) is 8.95. The zero-order valence-corrected chi connectivity index (χ0v) is 13.8. The van der Waals surface area contributed by atoms with Crippen molar-refractivity contribution in [3.63, 3.8) is 0 Å². The van der Waals surface area contributed by atoms with Crippen LogP contribution in [-0.4, -0.2) is 32.2 Å². The van der Waals surface area contributed by atoms with E-state index in [0.717, 1.165) is 12.0 Å². The Labute approximate surface area is 130 Å². The Balaban J connectivity index is 1.50. The Kier molecular flexibility index (Phi) is 4.97. The van der Waals surface area contributed by atoms with Crippen molar-refractivity contribution in [3.8, 4) is 0 Å². The largest absolute Gasteiger partial charge is 0.323 e. The quantitative estimate of drug-likeness (QED) is 0.816. The van der Waals surface area contributed by atoms with Crippen LogP contribution in [0.3, 0.4) is 0 Å². The van der Waals surface area contributed by atoms with E-state index in [1.54, 1.807) is 10.5 Å². The molecule has 1 heterocycles. The van der Waals surface area contributed by atoms with E-state index in [1.807, 2.05) is 4.90 Å². The molecule has 1 aromatic rings. The molecular weight excluding hydrogens is 256 g/mol. The van der Waals surface area contributed by atoms with E-state index in [1.165, 1.54) is 64.0 Å². The van der Waals surface area contributed by atoms with Crippen LogP contribution < -0.4 is 9.80 Å². The molecule has 2 atom stereocenters. The Hall–Kier alpha value is -0.860. The van der Waals surface area contributed by atoms with Crippen molar-refractivity contribution in [1.82, 2.24) is 0 Å². The molecule has 1 saturated heterocycles. The summed E-state index contributed by atoms with van der Waals surface area (Å²) in [5.41, 5.74) is 3.00. The van der Waals surface area contributed by atoms with Crippen molar-refractivity contribution >= 4 is 0 Å². The molecule has 2 aliphatic rings. The smallest absolute Gasteiger partial charge is 0.127 e. The minimum absolute atomic E-state index is 0.966. The van der Waals surface area contributed by atoms with Gasteiger partial charge in [-0.2, -0.15) is 0 Å². The highest BCUT2D eigenvalue weighted by Gasteiger charge is 2.32. The van der Waals surface area contributed by atoms with Gasteiger partial charge in [-0.3, -0.25) is 0 Å². The summed E-state index contributed by atoms with van der Waals surface area (Å²) >= 11 is 0. The van der Waals surface area contributed by atoms with Gasteiger partial charge in [-0.1, -0.05) is 37.6 Å². The van der Waals surface area contributed by atoms with Gasteiger partial charge in [0.2, 0.25) is 0 Å². The van der Waals surface area contributed by atoms with Gasteiger partial charge in [-0.05, 0) is 31.2 Å². The molecule has 0 spiro atoms. The van der Waals surface area contributed by atoms with E-state index < -0.39 is 0 Å². The van der Waals surface area contributed by atoms with Gasteiger partial charge in [-0.15, -0.1) is 0 Å². The predicted molar refractivity (Wildman–Crippen MR) is 87.7 cm³/mol. The van der Waals surface area contributed by atoms with Crippen molar-refractivity contribution in [2.24, 2.45) is 5.92 Å². The van der Waals surface area contributed by atoms with Crippen LogP contribution in [0, 0.1) is 12.8 Å². The van der Waals surface area contributed by atoms with Gasteiger partial charge in [0.15, 0.2) is 0 Å². The molecule has 2 fully saturated rings. The van der Waals surface area contributed by atoms with Crippen LogP contribution in [0.2, 0.25) is 0 Å². The van der Waals surface area contributed by atoms with Crippen LogP contribution in [-0.2, 0) is 6.54 Å². The van der Waals surface area contributed by atoms with E-state index in [0.29, 0.717) is 0 Å². The van der Waals surface area contributed by atoms with E-state index in [2.05, 4.69) is 38.1 Å². The standard InChI is InChI=1S/C19H30N2/c1-16-6-5-9-19(14-16)21-12-10-20(11-13-21)15-18-8-4-3-7-17(18)2/h3-4,7-8,16,19H,5-6,9-15H2,1-2H3/p+2/t16-,19-/m1/s1. The molecule has 3 rings (SSSR count). The Morgan fingerprint density at radius 2 is 1.81 bits per heavy atom. The fourth-order valence-corrected chi connectivity index (χ4v) is 4.39. The van der Waals surface area contributed by atoms with Crippen molar-refractivity contribution in [1.29, 1.82) is 0 Å². The summed E-state index contributed by atoms with van der Waals surface area (Å²) in [7, 11) is 0. The average molecular weight is 288 g/mol. The first-order valence-electron chi connectivity index (χ1n) is 8.95. The van der Waals surface area contributed by atoms with Crippen LogP contribution in [0.4, 0.5) is 0 Å². The molecule has 116 valence electrons. The van der Waals surface area contributed by atoms with E-state index >= 15 is 0 Å². The highest BCUT2D eigenvalue weighted by atomic mass is 15.3. The summed E-state index contributed by atoms with van der Waals surface area (Å²) in [4.78, 5) is 3.70. The minimum Gasteiger partial charge on any atom is -0.323 e. The summed E-state index contributed by atoms with van der Waals surface area (Å²) in [5.74, 6) is 0.966. The Morgan fingerprint density at radius 3 is 2.52 bits per heavy atom. The third-order valence-corrected chi connectivity index (χ3v) is 5.81. The molecule has 1 aromatic carbocycles. The van der Waals surface area contributed by atoms with Crippen molar-refractivity contribution in [2.45, 2.75) is 52.1 Å². The number of piperazine rings is 1. The number of rotatable bonds is 3. The summed E-state index contributed by atoms with van der Waals surface area (Å²) in [6.45, 7) is 11.4. The summed E-state index contributed by atoms with van der Waals surface area (Å²) in [6, 6.07) is 9.87. The summed E-state index contributed by atoms with van der Waals surface area (Å²) < 4.78 is 0. The zero-order chi connectivity index (χ0) is 14.7. The highest BCUT2D eigenvalue weighted by Crippen LogP contribution is 2.21. The van der Waals surface area contributed by atoms with Crippen LogP contribution in [0.25, 0.3) is 0 Å². The molecule has 0 aromatic heterocycles. The molecule has 1 aliphatic carbocycles. The fourth-order valence-electron chi connectivity index (χ4n) is 4.39. The van der Waals surface area contributed by atoms with Gasteiger partial charge in [-0.25, -0.2) is 0 Å². The van der Waals surface area contributed by atoms with E-state index in [-0.39, 0.29) is 0 Å². The minimum atomic E-state index is 0.966. The average Bonchev–Trinajstić information content (AvgIpc) is 2.50. The zero-order valence-electron chi connectivity index (χ0n) is 13.8. The lowest BCUT2D eigenvalue weighted by molar-refractivity contribution is -1.03. The first kappa shape index (κ1) is 15.1. The molecule has 2 heteroatoms. The van der Waals surface area contributed by atoms with Gasteiger partial charge in [0.1, 0.15) is 32.7 Å². The van der Waals surface area contributed by atoms with Gasteiger partial charge in [0.25, 0.3) is 0 Å². The lowest BCUT2D eigenvalue weighted by Crippen LogP contribution is -3.29. The molecule has 2 N–H and O–H groups in total. The number of aryl methyl sites for hydroxylation is 1. The monoisotopic (exact) mass is 288 g/mol. The first-order chi connectivity index (χ1) is 10.2. The number of hydrogen-bond donors (Lipinski definition) is 2. The van der Waals surface area contributed by atoms with Gasteiger partial charge in [0.05, 0.1) is 6.04 Å². The second kappa shape index (κ2) is 6.93. The number of quaternary nitrogens is 2. The topological polar surface area (TPSA) is 8.88 Å². The SMILES string of the molecule is Cc1ccccc1C[NH+]1CC[NH+]([C@@H]2CCC[C@@H](C)C2)CC1. The Bertz CT molecular complexity index is 449. The van der Waals surface area contributed by atoms with Crippen LogP contribution in [0.1, 0.15) is 43.7 Å². The molecule has 0 amide bonds. The molecule has 1 aliphatic heterocycles. The lowest BCUT2D eigenvalue weighted by atomic mass is 9.86.